The third kappa shape index (κ3) is 3.85. The van der Waals surface area contributed by atoms with E-state index in [0.717, 1.165) is 12.1 Å². The van der Waals surface area contributed by atoms with Gasteiger partial charge in [-0.15, -0.1) is 22.7 Å². The van der Waals surface area contributed by atoms with Crippen molar-refractivity contribution in [2.45, 2.75) is 25.2 Å². The van der Waals surface area contributed by atoms with Crippen LogP contribution in [0.25, 0.3) is 0 Å². The molecule has 0 unspecified atom stereocenters. The van der Waals surface area contributed by atoms with Crippen LogP contribution in [0.2, 0.25) is 0 Å². The van der Waals surface area contributed by atoms with Crippen LogP contribution in [0.3, 0.4) is 0 Å². The van der Waals surface area contributed by atoms with Crippen LogP contribution >= 0.6 is 22.7 Å². The molecule has 6 nitrogen and oxygen atoms in total. The summed E-state index contributed by atoms with van der Waals surface area (Å²) in [5, 5.41) is 4.96. The van der Waals surface area contributed by atoms with Gasteiger partial charge in [-0.1, -0.05) is 0 Å². The number of hydrogen-bond donors (Lipinski definition) is 1. The molecule has 112 valence electrons. The summed E-state index contributed by atoms with van der Waals surface area (Å²) in [6.07, 6.45) is 2.16. The minimum Gasteiger partial charge on any atom is -0.379 e. The monoisotopic (exact) mass is 325 g/mol. The van der Waals surface area contributed by atoms with Crippen molar-refractivity contribution in [1.82, 2.24) is 15.3 Å². The van der Waals surface area contributed by atoms with E-state index < -0.39 is 0 Å². The minimum atomic E-state index is -0.155. The largest absolute Gasteiger partial charge is 0.379 e. The molecule has 0 bridgehead atoms. The van der Waals surface area contributed by atoms with Crippen molar-refractivity contribution in [3.8, 4) is 0 Å². The average molecular weight is 325 g/mol. The maximum Gasteiger partial charge on any atom is 0.263 e. The first kappa shape index (κ1) is 14.6. The molecule has 3 rings (SSSR count). The molecule has 0 saturated carbocycles. The fraction of sp³-hybridized carbons (Fsp3) is 0.462. The van der Waals surface area contributed by atoms with E-state index in [1.54, 1.807) is 17.2 Å². The fourth-order valence-electron chi connectivity index (χ4n) is 2.11. The van der Waals surface area contributed by atoms with Crippen LogP contribution < -0.4 is 5.32 Å². The van der Waals surface area contributed by atoms with E-state index in [1.165, 1.54) is 22.7 Å². The summed E-state index contributed by atoms with van der Waals surface area (Å²) >= 11 is 2.87. The Morgan fingerprint density at radius 3 is 3.24 bits per heavy atom. The van der Waals surface area contributed by atoms with E-state index in [2.05, 4.69) is 15.3 Å². The summed E-state index contributed by atoms with van der Waals surface area (Å²) in [5.74, 6) is -0.105. The molecule has 1 aliphatic rings. The molecule has 2 aromatic rings. The lowest BCUT2D eigenvalue weighted by atomic mass is 10.1. The number of nitrogens with one attached hydrogen (secondary N) is 1. The van der Waals surface area contributed by atoms with Crippen LogP contribution in [0.15, 0.2) is 22.6 Å². The summed E-state index contributed by atoms with van der Waals surface area (Å²) in [6, 6.07) is -0.0491. The number of ether oxygens (including phenoxy) is 2. The van der Waals surface area contributed by atoms with Crippen molar-refractivity contribution in [3.63, 3.8) is 0 Å². The van der Waals surface area contributed by atoms with Gasteiger partial charge in [0.1, 0.15) is 11.0 Å². The minimum absolute atomic E-state index is 0.0491. The molecule has 0 aromatic carbocycles. The summed E-state index contributed by atoms with van der Waals surface area (Å²) in [5.41, 5.74) is 4.33. The van der Waals surface area contributed by atoms with Crippen molar-refractivity contribution in [2.24, 2.45) is 0 Å². The lowest BCUT2D eigenvalue weighted by molar-refractivity contribution is -0.0742. The van der Waals surface area contributed by atoms with Gasteiger partial charge in [-0.3, -0.25) is 9.78 Å². The third-order valence-electron chi connectivity index (χ3n) is 3.21. The van der Waals surface area contributed by atoms with Gasteiger partial charge in [-0.25, -0.2) is 4.98 Å². The Balaban J connectivity index is 1.57. The smallest absolute Gasteiger partial charge is 0.263 e. The lowest BCUT2D eigenvalue weighted by Gasteiger charge is -2.31. The SMILES string of the molecule is O=C(N[C@@H]1CCOC[C@H]1OCc1cscn1)c1cncs1. The van der Waals surface area contributed by atoms with Crippen molar-refractivity contribution in [1.29, 1.82) is 0 Å². The highest BCUT2D eigenvalue weighted by Gasteiger charge is 2.28. The maximum atomic E-state index is 12.1. The second-order valence-electron chi connectivity index (χ2n) is 4.64. The molecular weight excluding hydrogens is 310 g/mol. The number of rotatable bonds is 5. The molecule has 1 aliphatic heterocycles. The van der Waals surface area contributed by atoms with Gasteiger partial charge < -0.3 is 14.8 Å². The molecule has 0 aliphatic carbocycles. The quantitative estimate of drug-likeness (QED) is 0.906. The number of thiazole rings is 2. The normalized spacial score (nSPS) is 22.1. The van der Waals surface area contributed by atoms with E-state index in [-0.39, 0.29) is 18.1 Å². The molecule has 1 fully saturated rings. The molecule has 0 radical (unpaired) electrons. The molecule has 8 heteroatoms. The Kier molecular flexibility index (Phi) is 4.91. The molecular formula is C13H15N3O3S2. The standard InChI is InChI=1S/C13H15N3O3S2/c17-13(12-3-14-7-21-12)16-10-1-2-18-5-11(10)19-4-9-6-20-8-15-9/h3,6-8,10-11H,1-2,4-5H2,(H,16,17)/t10-,11-/m1/s1. The zero-order valence-electron chi connectivity index (χ0n) is 11.2. The first-order valence-corrected chi connectivity index (χ1v) is 8.41. The topological polar surface area (TPSA) is 73.3 Å². The van der Waals surface area contributed by atoms with Crippen LogP contribution in [0.4, 0.5) is 0 Å². The summed E-state index contributed by atoms with van der Waals surface area (Å²) < 4.78 is 11.3. The Bertz CT molecular complexity index is 559. The van der Waals surface area contributed by atoms with Crippen LogP contribution in [0, 0.1) is 0 Å². The van der Waals surface area contributed by atoms with Gasteiger partial charge in [0.25, 0.3) is 5.91 Å². The Morgan fingerprint density at radius 2 is 2.48 bits per heavy atom. The molecule has 2 atom stereocenters. The highest BCUT2D eigenvalue weighted by atomic mass is 32.1. The second-order valence-corrected chi connectivity index (χ2v) is 6.24. The molecule has 2 aromatic heterocycles. The third-order valence-corrected chi connectivity index (χ3v) is 4.61. The van der Waals surface area contributed by atoms with Crippen molar-refractivity contribution in [2.75, 3.05) is 13.2 Å². The van der Waals surface area contributed by atoms with Crippen LogP contribution in [-0.4, -0.2) is 41.2 Å². The number of nitrogens with zero attached hydrogens (tertiary/aromatic N) is 2. The Labute approximate surface area is 130 Å². The average Bonchev–Trinajstić information content (AvgIpc) is 3.20. The molecule has 1 amide bonds. The highest BCUT2D eigenvalue weighted by molar-refractivity contribution is 7.11. The second kappa shape index (κ2) is 7.08. The zero-order chi connectivity index (χ0) is 14.5. The van der Waals surface area contributed by atoms with E-state index in [0.29, 0.717) is 24.7 Å². The van der Waals surface area contributed by atoms with Gasteiger partial charge in [0.05, 0.1) is 42.2 Å². The van der Waals surface area contributed by atoms with E-state index in [4.69, 9.17) is 9.47 Å². The number of carbonyl (C=O) groups excluding carboxylic acids is 1. The van der Waals surface area contributed by atoms with E-state index in [1.807, 2.05) is 5.38 Å². The van der Waals surface area contributed by atoms with Crippen molar-refractivity contribution in [3.05, 3.63) is 33.2 Å². The Morgan fingerprint density at radius 1 is 1.52 bits per heavy atom. The predicted molar refractivity (Wildman–Crippen MR) is 79.5 cm³/mol. The number of hydrogen-bond acceptors (Lipinski definition) is 7. The van der Waals surface area contributed by atoms with Gasteiger partial charge in [-0.05, 0) is 6.42 Å². The number of carbonyl (C=O) groups is 1. The van der Waals surface area contributed by atoms with E-state index in [9.17, 15) is 4.79 Å². The lowest BCUT2D eigenvalue weighted by Crippen LogP contribution is -2.49. The first-order valence-electron chi connectivity index (χ1n) is 6.58. The fourth-order valence-corrected chi connectivity index (χ4v) is 3.18. The summed E-state index contributed by atoms with van der Waals surface area (Å²) in [7, 11) is 0. The predicted octanol–water partition coefficient (Wildman–Crippen LogP) is 1.70. The van der Waals surface area contributed by atoms with E-state index >= 15 is 0 Å². The molecule has 3 heterocycles. The Hall–Kier alpha value is -1.35. The van der Waals surface area contributed by atoms with Gasteiger partial charge in [0.15, 0.2) is 0 Å². The highest BCUT2D eigenvalue weighted by Crippen LogP contribution is 2.15. The number of amides is 1. The van der Waals surface area contributed by atoms with Gasteiger partial charge in [-0.2, -0.15) is 0 Å². The maximum absolute atomic E-state index is 12.1. The van der Waals surface area contributed by atoms with Crippen molar-refractivity contribution < 1.29 is 14.3 Å². The van der Waals surface area contributed by atoms with Crippen LogP contribution in [-0.2, 0) is 16.1 Å². The van der Waals surface area contributed by atoms with Gasteiger partial charge >= 0.3 is 0 Å². The van der Waals surface area contributed by atoms with Crippen molar-refractivity contribution >= 4 is 28.6 Å². The van der Waals surface area contributed by atoms with Crippen LogP contribution in [0.1, 0.15) is 21.8 Å². The van der Waals surface area contributed by atoms with Crippen LogP contribution in [0.5, 0.6) is 0 Å². The van der Waals surface area contributed by atoms with Gasteiger partial charge in [0.2, 0.25) is 0 Å². The zero-order valence-corrected chi connectivity index (χ0v) is 12.9. The molecule has 1 saturated heterocycles. The van der Waals surface area contributed by atoms with Gasteiger partial charge in [0, 0.05) is 12.0 Å². The summed E-state index contributed by atoms with van der Waals surface area (Å²) in [4.78, 5) is 20.8. The molecule has 0 spiro atoms. The first-order chi connectivity index (χ1) is 10.3. The molecule has 21 heavy (non-hydrogen) atoms. The number of aromatic nitrogens is 2. The molecule has 1 N–H and O–H groups in total. The summed E-state index contributed by atoms with van der Waals surface area (Å²) in [6.45, 7) is 1.55.